The van der Waals surface area contributed by atoms with E-state index in [4.69, 9.17) is 14.7 Å². The van der Waals surface area contributed by atoms with Crippen LogP contribution in [-0.2, 0) is 9.57 Å². The lowest BCUT2D eigenvalue weighted by atomic mass is 10.1. The molecule has 0 bridgehead atoms. The van der Waals surface area contributed by atoms with Crippen LogP contribution in [0, 0.1) is 6.92 Å². The number of aryl methyl sites for hydroxylation is 1. The first-order valence-corrected chi connectivity index (χ1v) is 6.25. The minimum atomic E-state index is -1.29. The second kappa shape index (κ2) is 6.47. The molecule has 2 heterocycles. The van der Waals surface area contributed by atoms with E-state index in [9.17, 15) is 19.8 Å². The van der Waals surface area contributed by atoms with Gasteiger partial charge >= 0.3 is 5.69 Å². The fraction of sp³-hybridized carbons (Fsp3) is 0.636. The molecule has 1 aromatic rings. The van der Waals surface area contributed by atoms with Crippen molar-refractivity contribution in [3.05, 3.63) is 32.6 Å². The van der Waals surface area contributed by atoms with Crippen LogP contribution in [0.25, 0.3) is 0 Å². The topological polar surface area (TPSA) is 146 Å². The van der Waals surface area contributed by atoms with Gasteiger partial charge in [0.2, 0.25) is 0 Å². The van der Waals surface area contributed by atoms with Gasteiger partial charge in [-0.05, 0) is 6.92 Å². The quantitative estimate of drug-likeness (QED) is 0.284. The predicted octanol–water partition coefficient (Wildman–Crippen LogP) is -3.06. The van der Waals surface area contributed by atoms with Gasteiger partial charge in [-0.15, -0.1) is 0 Å². The lowest BCUT2D eigenvalue weighted by Crippen LogP contribution is -2.42. The van der Waals surface area contributed by atoms with Gasteiger partial charge in [-0.3, -0.25) is 19.2 Å². The van der Waals surface area contributed by atoms with Gasteiger partial charge in [0.05, 0.1) is 6.61 Å². The normalized spacial score (nSPS) is 29.0. The van der Waals surface area contributed by atoms with Crippen molar-refractivity contribution in [1.82, 2.24) is 15.0 Å². The first-order chi connectivity index (χ1) is 9.99. The highest BCUT2D eigenvalue weighted by atomic mass is 16.7. The van der Waals surface area contributed by atoms with Crippen molar-refractivity contribution in [3.63, 3.8) is 0 Å². The summed E-state index contributed by atoms with van der Waals surface area (Å²) >= 11 is 0. The van der Waals surface area contributed by atoms with Gasteiger partial charge in [-0.2, -0.15) is 5.48 Å². The van der Waals surface area contributed by atoms with Crippen molar-refractivity contribution in [2.24, 2.45) is 0 Å². The Balaban J connectivity index is 2.31. The first-order valence-electron chi connectivity index (χ1n) is 6.25. The number of hydroxylamine groups is 1. The Hall–Kier alpha value is -1.56. The second-order valence-electron chi connectivity index (χ2n) is 4.60. The maximum absolute atomic E-state index is 11.8. The first kappa shape index (κ1) is 15.8. The molecule has 5 N–H and O–H groups in total. The minimum absolute atomic E-state index is 0.267. The molecule has 0 aliphatic carbocycles. The van der Waals surface area contributed by atoms with E-state index in [1.807, 2.05) is 0 Å². The maximum atomic E-state index is 11.8. The fourth-order valence-electron chi connectivity index (χ4n) is 2.15. The molecule has 1 aliphatic heterocycles. The molecule has 1 fully saturated rings. The Kier molecular flexibility index (Phi) is 4.88. The van der Waals surface area contributed by atoms with Crippen LogP contribution in [0.1, 0.15) is 11.8 Å². The molecule has 2 rings (SSSR count). The summed E-state index contributed by atoms with van der Waals surface area (Å²) < 4.78 is 6.41. The Labute approximate surface area is 118 Å². The second-order valence-corrected chi connectivity index (χ2v) is 4.60. The van der Waals surface area contributed by atoms with E-state index in [1.54, 1.807) is 0 Å². The van der Waals surface area contributed by atoms with Crippen molar-refractivity contribution < 1.29 is 24.9 Å². The highest BCUT2D eigenvalue weighted by Gasteiger charge is 2.46. The summed E-state index contributed by atoms with van der Waals surface area (Å²) in [6.45, 7) is 0.549. The van der Waals surface area contributed by atoms with Crippen LogP contribution >= 0.6 is 0 Å². The number of ether oxygens (including phenoxy) is 1. The molecule has 21 heavy (non-hydrogen) atoms. The molecule has 0 radical (unpaired) electrons. The van der Waals surface area contributed by atoms with E-state index >= 15 is 0 Å². The molecule has 1 aliphatic rings. The number of hydrogen-bond acceptors (Lipinski definition) is 8. The van der Waals surface area contributed by atoms with Gasteiger partial charge in [0.1, 0.15) is 25.0 Å². The number of H-pyrrole nitrogens is 1. The van der Waals surface area contributed by atoms with Gasteiger partial charge in [-0.1, -0.05) is 0 Å². The minimum Gasteiger partial charge on any atom is -0.394 e. The lowest BCUT2D eigenvalue weighted by molar-refractivity contribution is -0.115. The van der Waals surface area contributed by atoms with Gasteiger partial charge in [0, 0.05) is 11.8 Å². The third-order valence-electron chi connectivity index (χ3n) is 3.19. The molecule has 1 saturated heterocycles. The Morgan fingerprint density at radius 2 is 2.19 bits per heavy atom. The molecular formula is C11H17N3O7. The van der Waals surface area contributed by atoms with E-state index < -0.39 is 49.1 Å². The molecule has 118 valence electrons. The van der Waals surface area contributed by atoms with Gasteiger partial charge in [-0.25, -0.2) is 4.79 Å². The van der Waals surface area contributed by atoms with Crippen molar-refractivity contribution in [1.29, 1.82) is 0 Å². The number of rotatable bonds is 5. The molecule has 0 spiro atoms. The third-order valence-corrected chi connectivity index (χ3v) is 3.19. The number of hydrogen-bond donors (Lipinski definition) is 5. The van der Waals surface area contributed by atoms with E-state index in [0.717, 1.165) is 4.57 Å². The van der Waals surface area contributed by atoms with Crippen LogP contribution in [-0.4, -0.2) is 56.5 Å². The van der Waals surface area contributed by atoms with Crippen LogP contribution in [0.2, 0.25) is 0 Å². The number of aromatic amines is 1. The number of aromatic nitrogens is 2. The molecule has 10 heteroatoms. The molecule has 10 nitrogen and oxygen atoms in total. The van der Waals surface area contributed by atoms with Gasteiger partial charge < -0.3 is 20.1 Å². The van der Waals surface area contributed by atoms with E-state index in [0.29, 0.717) is 0 Å². The number of nitrogens with zero attached hydrogens (tertiary/aromatic N) is 1. The van der Waals surface area contributed by atoms with Crippen LogP contribution < -0.4 is 16.7 Å². The highest BCUT2D eigenvalue weighted by Crippen LogP contribution is 2.29. The number of nitrogens with one attached hydrogen (secondary N) is 2. The SMILES string of the molecule is Cc1cn([C@@H]2OC(CO)[C@@H](ONCO)[C@@H]2O)c(=O)[nH]c1=O. The Morgan fingerprint density at radius 3 is 2.81 bits per heavy atom. The van der Waals surface area contributed by atoms with Crippen molar-refractivity contribution in [2.75, 3.05) is 13.3 Å². The van der Waals surface area contributed by atoms with E-state index in [2.05, 4.69) is 10.5 Å². The Morgan fingerprint density at radius 1 is 1.48 bits per heavy atom. The summed E-state index contributed by atoms with van der Waals surface area (Å²) in [5.41, 5.74) is 1.14. The summed E-state index contributed by atoms with van der Waals surface area (Å²) in [6, 6.07) is 0. The molecule has 0 saturated carbocycles. The lowest BCUT2D eigenvalue weighted by Gasteiger charge is -2.19. The molecule has 4 atom stereocenters. The van der Waals surface area contributed by atoms with Crippen molar-refractivity contribution in [2.45, 2.75) is 31.5 Å². The average molecular weight is 303 g/mol. The molecular weight excluding hydrogens is 286 g/mol. The van der Waals surface area contributed by atoms with Crippen LogP contribution in [0.5, 0.6) is 0 Å². The molecule has 1 unspecified atom stereocenters. The maximum Gasteiger partial charge on any atom is 0.330 e. The summed E-state index contributed by atoms with van der Waals surface area (Å²) in [4.78, 5) is 30.2. The number of aliphatic hydroxyl groups is 3. The summed E-state index contributed by atoms with van der Waals surface area (Å²) in [6.07, 6.45) is -3.06. The molecule has 0 aromatic carbocycles. The van der Waals surface area contributed by atoms with Crippen molar-refractivity contribution in [3.8, 4) is 0 Å². The van der Waals surface area contributed by atoms with E-state index in [-0.39, 0.29) is 5.56 Å². The monoisotopic (exact) mass is 303 g/mol. The largest absolute Gasteiger partial charge is 0.394 e. The van der Waals surface area contributed by atoms with E-state index in [1.165, 1.54) is 13.1 Å². The highest BCUT2D eigenvalue weighted by molar-refractivity contribution is 5.03. The van der Waals surface area contributed by atoms with Crippen LogP contribution in [0.15, 0.2) is 15.8 Å². The zero-order valence-electron chi connectivity index (χ0n) is 11.2. The summed E-state index contributed by atoms with van der Waals surface area (Å²) in [5, 5.41) is 28.1. The van der Waals surface area contributed by atoms with Crippen LogP contribution in [0.4, 0.5) is 0 Å². The van der Waals surface area contributed by atoms with Gasteiger partial charge in [0.25, 0.3) is 5.56 Å². The average Bonchev–Trinajstić information content (AvgIpc) is 2.77. The number of aliphatic hydroxyl groups excluding tert-OH is 3. The fourth-order valence-corrected chi connectivity index (χ4v) is 2.15. The molecule has 1 aromatic heterocycles. The zero-order valence-corrected chi connectivity index (χ0v) is 11.2. The third kappa shape index (κ3) is 3.05. The summed E-state index contributed by atoms with van der Waals surface area (Å²) in [5.74, 6) is 0. The zero-order chi connectivity index (χ0) is 15.6. The standard InChI is InChI=1S/C11H17N3O7/c1-5-2-14(11(19)13-9(5)18)10-7(17)8(21-12-4-16)6(3-15)20-10/h2,6-8,10,12,15-17H,3-4H2,1H3,(H,13,18,19)/t6?,7-,8+,10+/m0/s1. The van der Waals surface area contributed by atoms with Gasteiger partial charge in [0.15, 0.2) is 6.23 Å². The smallest absolute Gasteiger partial charge is 0.330 e. The van der Waals surface area contributed by atoms with Crippen LogP contribution in [0.3, 0.4) is 0 Å². The van der Waals surface area contributed by atoms with Crippen molar-refractivity contribution >= 4 is 0 Å². The summed E-state index contributed by atoms with van der Waals surface area (Å²) in [7, 11) is 0. The predicted molar refractivity (Wildman–Crippen MR) is 68.2 cm³/mol. The molecule has 0 amide bonds. The Bertz CT molecular complexity index is 598.